The number of benzene rings is 2. The monoisotopic (exact) mass is 256 g/mol. The van der Waals surface area contributed by atoms with Crippen molar-refractivity contribution in [3.05, 3.63) is 60.0 Å². The number of aromatic nitrogens is 2. The Kier molecular flexibility index (Phi) is 2.80. The maximum Gasteiger partial charge on any atom is 0.123 e. The molecular formula is C15H13FN2O. The Labute approximate surface area is 109 Å². The Bertz CT molecular complexity index is 734. The average Bonchev–Trinajstić information content (AvgIpc) is 2.82. The van der Waals surface area contributed by atoms with Gasteiger partial charge in [-0.2, -0.15) is 5.10 Å². The molecule has 3 nitrogen and oxygen atoms in total. The predicted molar refractivity (Wildman–Crippen MR) is 71.7 cm³/mol. The van der Waals surface area contributed by atoms with Crippen molar-refractivity contribution in [1.82, 2.24) is 9.78 Å². The zero-order valence-corrected chi connectivity index (χ0v) is 10.4. The molecule has 1 N–H and O–H groups in total. The molecule has 0 radical (unpaired) electrons. The van der Waals surface area contributed by atoms with Crippen molar-refractivity contribution in [3.8, 4) is 5.69 Å². The number of para-hydroxylation sites is 1. The van der Waals surface area contributed by atoms with Crippen molar-refractivity contribution in [2.45, 2.75) is 13.0 Å². The van der Waals surface area contributed by atoms with E-state index < -0.39 is 6.10 Å². The standard InChI is InChI=1S/C15H13FN2O/c1-10(19)13-8-12(16)6-7-15(13)18-14-5-3-2-4-11(14)9-17-18/h2-10,19H,1H3. The second-order valence-electron chi connectivity index (χ2n) is 4.49. The quantitative estimate of drug-likeness (QED) is 0.764. The Morgan fingerprint density at radius 2 is 2.00 bits per heavy atom. The summed E-state index contributed by atoms with van der Waals surface area (Å²) in [7, 11) is 0. The summed E-state index contributed by atoms with van der Waals surface area (Å²) in [6.45, 7) is 1.62. The van der Waals surface area contributed by atoms with E-state index in [1.807, 2.05) is 24.3 Å². The molecule has 4 heteroatoms. The molecule has 0 spiro atoms. The molecule has 1 atom stereocenters. The van der Waals surface area contributed by atoms with Crippen molar-refractivity contribution >= 4 is 10.9 Å². The second-order valence-corrected chi connectivity index (χ2v) is 4.49. The van der Waals surface area contributed by atoms with Crippen LogP contribution in [0.1, 0.15) is 18.6 Å². The molecule has 0 aliphatic heterocycles. The van der Waals surface area contributed by atoms with Crippen LogP contribution in [-0.2, 0) is 0 Å². The van der Waals surface area contributed by atoms with Gasteiger partial charge in [-0.3, -0.25) is 0 Å². The van der Waals surface area contributed by atoms with Crippen molar-refractivity contribution in [2.24, 2.45) is 0 Å². The first-order valence-electron chi connectivity index (χ1n) is 6.07. The topological polar surface area (TPSA) is 38.0 Å². The molecule has 1 aromatic heterocycles. The molecule has 0 aliphatic carbocycles. The number of fused-ring (bicyclic) bond motifs is 1. The van der Waals surface area contributed by atoms with E-state index in [0.29, 0.717) is 11.3 Å². The van der Waals surface area contributed by atoms with Crippen LogP contribution in [0.4, 0.5) is 4.39 Å². The van der Waals surface area contributed by atoms with Gasteiger partial charge in [-0.15, -0.1) is 0 Å². The molecule has 96 valence electrons. The van der Waals surface area contributed by atoms with Crippen molar-refractivity contribution in [2.75, 3.05) is 0 Å². The smallest absolute Gasteiger partial charge is 0.123 e. The van der Waals surface area contributed by atoms with Gasteiger partial charge in [-0.05, 0) is 31.2 Å². The third kappa shape index (κ3) is 2.00. The van der Waals surface area contributed by atoms with Crippen LogP contribution in [0.15, 0.2) is 48.7 Å². The number of hydrogen-bond acceptors (Lipinski definition) is 2. The molecule has 0 bridgehead atoms. The molecule has 1 heterocycles. The Balaban J connectivity index is 2.27. The number of aliphatic hydroxyl groups excluding tert-OH is 1. The Morgan fingerprint density at radius 1 is 1.21 bits per heavy atom. The molecule has 19 heavy (non-hydrogen) atoms. The molecule has 0 saturated heterocycles. The molecule has 0 fully saturated rings. The van der Waals surface area contributed by atoms with Crippen LogP contribution in [-0.4, -0.2) is 14.9 Å². The van der Waals surface area contributed by atoms with Gasteiger partial charge in [-0.1, -0.05) is 18.2 Å². The van der Waals surface area contributed by atoms with E-state index in [1.54, 1.807) is 23.9 Å². The summed E-state index contributed by atoms with van der Waals surface area (Å²) in [5.74, 6) is -0.365. The molecule has 1 unspecified atom stereocenters. The van der Waals surface area contributed by atoms with E-state index in [-0.39, 0.29) is 5.82 Å². The molecule has 3 aromatic rings. The molecule has 0 aliphatic rings. The number of rotatable bonds is 2. The van der Waals surface area contributed by atoms with Crippen LogP contribution >= 0.6 is 0 Å². The number of hydrogen-bond donors (Lipinski definition) is 1. The minimum Gasteiger partial charge on any atom is -0.389 e. The first-order chi connectivity index (χ1) is 9.16. The highest BCUT2D eigenvalue weighted by atomic mass is 19.1. The third-order valence-corrected chi connectivity index (χ3v) is 3.15. The highest BCUT2D eigenvalue weighted by molar-refractivity contribution is 5.80. The van der Waals surface area contributed by atoms with Gasteiger partial charge in [0.05, 0.1) is 23.5 Å². The van der Waals surface area contributed by atoms with Crippen LogP contribution < -0.4 is 0 Å². The fourth-order valence-corrected chi connectivity index (χ4v) is 2.22. The Hall–Kier alpha value is -2.20. The summed E-state index contributed by atoms with van der Waals surface area (Å²) in [6.07, 6.45) is 0.999. The molecular weight excluding hydrogens is 243 g/mol. The number of aliphatic hydroxyl groups is 1. The molecule has 2 aromatic carbocycles. The molecule has 0 saturated carbocycles. The largest absolute Gasteiger partial charge is 0.389 e. The third-order valence-electron chi connectivity index (χ3n) is 3.15. The Morgan fingerprint density at radius 3 is 2.79 bits per heavy atom. The van der Waals surface area contributed by atoms with E-state index in [4.69, 9.17) is 0 Å². The minimum atomic E-state index is -0.756. The summed E-state index contributed by atoms with van der Waals surface area (Å²) in [4.78, 5) is 0. The fraction of sp³-hybridized carbons (Fsp3) is 0.133. The maximum absolute atomic E-state index is 13.3. The van der Waals surface area contributed by atoms with E-state index >= 15 is 0 Å². The first-order valence-corrected chi connectivity index (χ1v) is 6.07. The second kappa shape index (κ2) is 4.48. The van der Waals surface area contributed by atoms with Crippen LogP contribution in [0.3, 0.4) is 0 Å². The van der Waals surface area contributed by atoms with Gasteiger partial charge in [0.1, 0.15) is 5.82 Å². The van der Waals surface area contributed by atoms with E-state index in [1.165, 1.54) is 12.1 Å². The minimum absolute atomic E-state index is 0.365. The molecule has 3 rings (SSSR count). The van der Waals surface area contributed by atoms with Crippen LogP contribution in [0, 0.1) is 5.82 Å². The summed E-state index contributed by atoms with van der Waals surface area (Å²) in [5, 5.41) is 15.1. The zero-order valence-electron chi connectivity index (χ0n) is 10.4. The van der Waals surface area contributed by atoms with E-state index in [0.717, 1.165) is 10.9 Å². The lowest BCUT2D eigenvalue weighted by Crippen LogP contribution is -2.04. The molecule has 0 amide bonds. The summed E-state index contributed by atoms with van der Waals surface area (Å²) >= 11 is 0. The average molecular weight is 256 g/mol. The lowest BCUT2D eigenvalue weighted by molar-refractivity contribution is 0.198. The van der Waals surface area contributed by atoms with Crippen LogP contribution in [0.25, 0.3) is 16.6 Å². The van der Waals surface area contributed by atoms with Crippen molar-refractivity contribution in [3.63, 3.8) is 0 Å². The summed E-state index contributed by atoms with van der Waals surface area (Å²) in [6, 6.07) is 12.1. The van der Waals surface area contributed by atoms with Crippen LogP contribution in [0.2, 0.25) is 0 Å². The number of nitrogens with zero attached hydrogens (tertiary/aromatic N) is 2. The fourth-order valence-electron chi connectivity index (χ4n) is 2.22. The van der Waals surface area contributed by atoms with Gasteiger partial charge >= 0.3 is 0 Å². The van der Waals surface area contributed by atoms with Crippen molar-refractivity contribution < 1.29 is 9.50 Å². The van der Waals surface area contributed by atoms with Gasteiger partial charge in [0.15, 0.2) is 0 Å². The predicted octanol–water partition coefficient (Wildman–Crippen LogP) is 3.22. The maximum atomic E-state index is 13.3. The summed E-state index contributed by atoms with van der Waals surface area (Å²) in [5.41, 5.74) is 2.14. The highest BCUT2D eigenvalue weighted by Gasteiger charge is 2.13. The SMILES string of the molecule is CC(O)c1cc(F)ccc1-n1ncc2ccccc21. The zero-order chi connectivity index (χ0) is 13.4. The van der Waals surface area contributed by atoms with Gasteiger partial charge in [0.2, 0.25) is 0 Å². The van der Waals surface area contributed by atoms with Crippen molar-refractivity contribution in [1.29, 1.82) is 0 Å². The van der Waals surface area contributed by atoms with Gasteiger partial charge in [-0.25, -0.2) is 9.07 Å². The summed E-state index contributed by atoms with van der Waals surface area (Å²) < 4.78 is 15.0. The lowest BCUT2D eigenvalue weighted by Gasteiger charge is -2.13. The van der Waals surface area contributed by atoms with Gasteiger partial charge in [0, 0.05) is 10.9 Å². The van der Waals surface area contributed by atoms with E-state index in [9.17, 15) is 9.50 Å². The van der Waals surface area contributed by atoms with Gasteiger partial charge < -0.3 is 5.11 Å². The normalized spacial score (nSPS) is 12.8. The van der Waals surface area contributed by atoms with Crippen LogP contribution in [0.5, 0.6) is 0 Å². The highest BCUT2D eigenvalue weighted by Crippen LogP contribution is 2.25. The lowest BCUT2D eigenvalue weighted by atomic mass is 10.1. The first kappa shape index (κ1) is 11.9. The van der Waals surface area contributed by atoms with E-state index in [2.05, 4.69) is 5.10 Å². The number of halogens is 1. The van der Waals surface area contributed by atoms with Gasteiger partial charge in [0.25, 0.3) is 0 Å².